The highest BCUT2D eigenvalue weighted by molar-refractivity contribution is 7.99. The molecular weight excluding hydrogens is 395 g/mol. The third-order valence-electron chi connectivity index (χ3n) is 3.29. The van der Waals surface area contributed by atoms with Gasteiger partial charge in [-0.2, -0.15) is 9.78 Å². The molecule has 0 aliphatic rings. The first-order valence-corrected chi connectivity index (χ1v) is 9.56. The molecule has 0 radical (unpaired) electrons. The Morgan fingerprint density at radius 2 is 2.12 bits per heavy atom. The second-order valence-electron chi connectivity index (χ2n) is 5.19. The highest BCUT2D eigenvalue weighted by Crippen LogP contribution is 2.28. The number of ether oxygens (including phenoxy) is 1. The number of hydrogen-bond donors (Lipinski definition) is 0. The molecule has 6 nitrogen and oxygen atoms in total. The Morgan fingerprint density at radius 1 is 1.27 bits per heavy atom. The Kier molecular flexibility index (Phi) is 6.24. The molecular formula is C17H16Cl2N4O2S. The average Bonchev–Trinajstić information content (AvgIpc) is 3.21. The SMILES string of the molecule is CCSc1nnc(C)n1/N=C/c1ccc(COc2cc(Cl)ccc2Cl)o1. The van der Waals surface area contributed by atoms with Crippen LogP contribution in [0.3, 0.4) is 0 Å². The van der Waals surface area contributed by atoms with Crippen LogP contribution in [0.15, 0.2) is 45.0 Å². The van der Waals surface area contributed by atoms with Crippen LogP contribution in [0.1, 0.15) is 24.3 Å². The number of aromatic nitrogens is 3. The van der Waals surface area contributed by atoms with Crippen LogP contribution in [-0.2, 0) is 6.61 Å². The largest absolute Gasteiger partial charge is 0.484 e. The van der Waals surface area contributed by atoms with E-state index >= 15 is 0 Å². The van der Waals surface area contributed by atoms with Gasteiger partial charge < -0.3 is 9.15 Å². The maximum absolute atomic E-state index is 6.08. The van der Waals surface area contributed by atoms with E-state index in [0.717, 1.165) is 10.9 Å². The maximum Gasteiger partial charge on any atom is 0.212 e. The molecule has 0 amide bonds. The van der Waals surface area contributed by atoms with E-state index in [2.05, 4.69) is 15.3 Å². The highest BCUT2D eigenvalue weighted by Gasteiger charge is 2.08. The van der Waals surface area contributed by atoms with Crippen molar-refractivity contribution in [3.05, 3.63) is 57.7 Å². The van der Waals surface area contributed by atoms with Gasteiger partial charge in [0.15, 0.2) is 5.82 Å². The standard InChI is InChI=1S/C17H16Cl2N4O2S/c1-3-26-17-22-21-11(2)23(17)20-9-13-5-6-14(25-13)10-24-16-8-12(18)4-7-15(16)19/h4-9H,3,10H2,1-2H3/b20-9+. The summed E-state index contributed by atoms with van der Waals surface area (Å²) in [6.07, 6.45) is 1.62. The quantitative estimate of drug-likeness (QED) is 0.402. The third-order valence-corrected chi connectivity index (χ3v) is 4.64. The number of aryl methyl sites for hydroxylation is 1. The predicted molar refractivity (Wildman–Crippen MR) is 104 cm³/mol. The predicted octanol–water partition coefficient (Wildman–Crippen LogP) is 5.06. The fourth-order valence-corrected chi connectivity index (χ4v) is 3.08. The summed E-state index contributed by atoms with van der Waals surface area (Å²) in [5, 5.41) is 14.3. The molecule has 0 aliphatic heterocycles. The van der Waals surface area contributed by atoms with Crippen molar-refractivity contribution >= 4 is 41.2 Å². The number of nitrogens with zero attached hydrogens (tertiary/aromatic N) is 4. The van der Waals surface area contributed by atoms with E-state index in [1.807, 2.05) is 26.0 Å². The highest BCUT2D eigenvalue weighted by atomic mass is 35.5. The number of furan rings is 1. The van der Waals surface area contributed by atoms with Crippen molar-refractivity contribution in [2.24, 2.45) is 5.10 Å². The first-order chi connectivity index (χ1) is 12.6. The summed E-state index contributed by atoms with van der Waals surface area (Å²) in [5.41, 5.74) is 0. The van der Waals surface area contributed by atoms with E-state index in [-0.39, 0.29) is 6.61 Å². The van der Waals surface area contributed by atoms with Gasteiger partial charge in [0, 0.05) is 11.1 Å². The Labute approximate surface area is 165 Å². The smallest absolute Gasteiger partial charge is 0.212 e. The Balaban J connectivity index is 1.66. The van der Waals surface area contributed by atoms with Crippen LogP contribution in [-0.4, -0.2) is 26.8 Å². The van der Waals surface area contributed by atoms with Crippen LogP contribution in [0.4, 0.5) is 0 Å². The molecule has 2 heterocycles. The molecule has 0 spiro atoms. The normalized spacial score (nSPS) is 11.4. The second-order valence-corrected chi connectivity index (χ2v) is 7.26. The lowest BCUT2D eigenvalue weighted by Gasteiger charge is -2.06. The minimum absolute atomic E-state index is 0.233. The Morgan fingerprint density at radius 3 is 2.92 bits per heavy atom. The Bertz CT molecular complexity index is 923. The van der Waals surface area contributed by atoms with Crippen LogP contribution in [0, 0.1) is 6.92 Å². The zero-order chi connectivity index (χ0) is 18.5. The fraction of sp³-hybridized carbons (Fsp3) is 0.235. The van der Waals surface area contributed by atoms with Gasteiger partial charge in [0.25, 0.3) is 0 Å². The molecule has 26 heavy (non-hydrogen) atoms. The summed E-state index contributed by atoms with van der Waals surface area (Å²) in [5.74, 6) is 3.35. The molecule has 0 unspecified atom stereocenters. The molecule has 136 valence electrons. The van der Waals surface area contributed by atoms with Crippen LogP contribution in [0.5, 0.6) is 5.75 Å². The third kappa shape index (κ3) is 4.60. The minimum atomic E-state index is 0.233. The zero-order valence-electron chi connectivity index (χ0n) is 14.1. The van der Waals surface area contributed by atoms with Gasteiger partial charge in [-0.25, -0.2) is 0 Å². The molecule has 1 aromatic carbocycles. The van der Waals surface area contributed by atoms with E-state index in [1.54, 1.807) is 40.9 Å². The van der Waals surface area contributed by atoms with Gasteiger partial charge in [0.1, 0.15) is 23.9 Å². The molecule has 0 aliphatic carbocycles. The lowest BCUT2D eigenvalue weighted by atomic mass is 10.3. The van der Waals surface area contributed by atoms with Crippen molar-refractivity contribution in [3.8, 4) is 5.75 Å². The molecule has 0 saturated carbocycles. The summed E-state index contributed by atoms with van der Waals surface area (Å²) in [7, 11) is 0. The Hall–Kier alpha value is -1.96. The number of rotatable bonds is 7. The fourth-order valence-electron chi connectivity index (χ4n) is 2.08. The maximum atomic E-state index is 6.08. The van der Waals surface area contributed by atoms with Crippen LogP contribution >= 0.6 is 35.0 Å². The minimum Gasteiger partial charge on any atom is -0.484 e. The summed E-state index contributed by atoms with van der Waals surface area (Å²) >= 11 is 13.6. The average molecular weight is 411 g/mol. The lowest BCUT2D eigenvalue weighted by Crippen LogP contribution is -1.96. The molecule has 0 atom stereocenters. The summed E-state index contributed by atoms with van der Waals surface area (Å²) < 4.78 is 13.0. The first-order valence-electron chi connectivity index (χ1n) is 7.82. The van der Waals surface area contributed by atoms with E-state index in [0.29, 0.717) is 33.1 Å². The van der Waals surface area contributed by atoms with Gasteiger partial charge in [0.2, 0.25) is 5.16 Å². The monoisotopic (exact) mass is 410 g/mol. The van der Waals surface area contributed by atoms with Crippen molar-refractivity contribution < 1.29 is 9.15 Å². The molecule has 3 aromatic rings. The van der Waals surface area contributed by atoms with Gasteiger partial charge in [-0.15, -0.1) is 10.2 Å². The second kappa shape index (κ2) is 8.62. The molecule has 0 saturated heterocycles. The van der Waals surface area contributed by atoms with E-state index in [1.165, 1.54) is 0 Å². The first kappa shape index (κ1) is 18.8. The van der Waals surface area contributed by atoms with Gasteiger partial charge >= 0.3 is 0 Å². The summed E-state index contributed by atoms with van der Waals surface area (Å²) in [6.45, 7) is 4.13. The number of benzene rings is 1. The van der Waals surface area contributed by atoms with Crippen LogP contribution < -0.4 is 4.74 Å². The summed E-state index contributed by atoms with van der Waals surface area (Å²) in [4.78, 5) is 0. The van der Waals surface area contributed by atoms with Gasteiger partial charge in [-0.05, 0) is 36.9 Å². The van der Waals surface area contributed by atoms with Crippen molar-refractivity contribution in [2.45, 2.75) is 25.6 Å². The van der Waals surface area contributed by atoms with E-state index in [9.17, 15) is 0 Å². The molecule has 3 rings (SSSR count). The number of thioether (sulfide) groups is 1. The van der Waals surface area contributed by atoms with E-state index < -0.39 is 0 Å². The summed E-state index contributed by atoms with van der Waals surface area (Å²) in [6, 6.07) is 8.69. The molecule has 0 N–H and O–H groups in total. The van der Waals surface area contributed by atoms with Crippen LogP contribution in [0.25, 0.3) is 0 Å². The van der Waals surface area contributed by atoms with Gasteiger partial charge in [-0.1, -0.05) is 41.9 Å². The van der Waals surface area contributed by atoms with Crippen molar-refractivity contribution in [1.29, 1.82) is 0 Å². The topological polar surface area (TPSA) is 65.4 Å². The molecule has 9 heteroatoms. The molecule has 0 fully saturated rings. The van der Waals surface area contributed by atoms with Crippen molar-refractivity contribution in [1.82, 2.24) is 14.9 Å². The van der Waals surface area contributed by atoms with E-state index in [4.69, 9.17) is 32.4 Å². The lowest BCUT2D eigenvalue weighted by molar-refractivity contribution is 0.270. The molecule has 2 aromatic heterocycles. The van der Waals surface area contributed by atoms with Crippen LogP contribution in [0.2, 0.25) is 10.0 Å². The number of halogens is 2. The zero-order valence-corrected chi connectivity index (χ0v) is 16.5. The van der Waals surface area contributed by atoms with Gasteiger partial charge in [0.05, 0.1) is 11.2 Å². The molecule has 0 bridgehead atoms. The van der Waals surface area contributed by atoms with Crippen molar-refractivity contribution in [3.63, 3.8) is 0 Å². The van der Waals surface area contributed by atoms with Crippen molar-refractivity contribution in [2.75, 3.05) is 5.75 Å². The van der Waals surface area contributed by atoms with Gasteiger partial charge in [-0.3, -0.25) is 0 Å². The number of hydrogen-bond acceptors (Lipinski definition) is 6.